The molecule has 9 heteroatoms. The average Bonchev–Trinajstić information content (AvgIpc) is 3.47. The summed E-state index contributed by atoms with van der Waals surface area (Å²) in [6, 6.07) is 3.91. The van der Waals surface area contributed by atoms with Crippen molar-refractivity contribution < 1.29 is 19.0 Å². The molecule has 1 amide bonds. The molecule has 0 bridgehead atoms. The molecule has 9 nitrogen and oxygen atoms in total. The molecule has 3 heterocycles. The number of rotatable bonds is 7. The third kappa shape index (κ3) is 4.92. The second kappa shape index (κ2) is 10.6. The highest BCUT2D eigenvalue weighted by molar-refractivity contribution is 5.93. The van der Waals surface area contributed by atoms with Gasteiger partial charge in [-0.15, -0.1) is 0 Å². The van der Waals surface area contributed by atoms with Crippen molar-refractivity contribution in [1.82, 2.24) is 14.9 Å². The average molecular weight is 494 g/mol. The van der Waals surface area contributed by atoms with Crippen LogP contribution < -0.4 is 19.3 Å². The van der Waals surface area contributed by atoms with Gasteiger partial charge in [0.15, 0.2) is 11.5 Å². The van der Waals surface area contributed by atoms with Crippen LogP contribution in [-0.2, 0) is 9.53 Å². The zero-order valence-electron chi connectivity index (χ0n) is 21.5. The van der Waals surface area contributed by atoms with Crippen molar-refractivity contribution >= 4 is 28.6 Å². The number of anilines is 2. The van der Waals surface area contributed by atoms with Gasteiger partial charge in [-0.3, -0.25) is 4.79 Å². The topological polar surface area (TPSA) is 80.3 Å². The summed E-state index contributed by atoms with van der Waals surface area (Å²) in [7, 11) is 4.98. The Morgan fingerprint density at radius 1 is 0.833 bits per heavy atom. The van der Waals surface area contributed by atoms with Gasteiger partial charge in [0.2, 0.25) is 11.9 Å². The largest absolute Gasteiger partial charge is 0.501 e. The van der Waals surface area contributed by atoms with Crippen LogP contribution in [0.4, 0.5) is 11.8 Å². The van der Waals surface area contributed by atoms with Gasteiger partial charge in [0.25, 0.3) is 0 Å². The number of ether oxygens (including phenoxy) is 3. The van der Waals surface area contributed by atoms with Crippen LogP contribution in [0.5, 0.6) is 11.5 Å². The van der Waals surface area contributed by atoms with Crippen molar-refractivity contribution in [3.63, 3.8) is 0 Å². The molecule has 1 aliphatic carbocycles. The number of aromatic nitrogens is 2. The van der Waals surface area contributed by atoms with Gasteiger partial charge < -0.3 is 28.9 Å². The van der Waals surface area contributed by atoms with Crippen LogP contribution in [0.1, 0.15) is 32.1 Å². The number of hydrogen-bond acceptors (Lipinski definition) is 8. The molecule has 0 atom stereocenters. The number of nitrogens with zero attached hydrogens (tertiary/aromatic N) is 5. The standard InChI is InChI=1S/C27H35N5O4/c1-34-20-8-6-19(7-9-20)16-25(33)30-12-14-32(15-13-30)27-28-22-18-24(36-3)23(35-2)17-21(22)26(29-27)31-10-4-5-11-31/h6,8,17-18H,4-5,7,9-16H2,1-3H3. The molecule has 0 spiro atoms. The van der Waals surface area contributed by atoms with Gasteiger partial charge in [-0.1, -0.05) is 11.6 Å². The van der Waals surface area contributed by atoms with Crippen molar-refractivity contribution in [3.8, 4) is 11.5 Å². The zero-order valence-corrected chi connectivity index (χ0v) is 21.5. The van der Waals surface area contributed by atoms with E-state index in [1.165, 1.54) is 5.57 Å². The summed E-state index contributed by atoms with van der Waals surface area (Å²) in [4.78, 5) is 29.4. The summed E-state index contributed by atoms with van der Waals surface area (Å²) < 4.78 is 16.4. The Labute approximate surface area is 212 Å². The van der Waals surface area contributed by atoms with E-state index in [0.29, 0.717) is 50.0 Å². The van der Waals surface area contributed by atoms with E-state index in [1.807, 2.05) is 29.2 Å². The maximum Gasteiger partial charge on any atom is 0.228 e. The maximum atomic E-state index is 12.9. The summed E-state index contributed by atoms with van der Waals surface area (Å²) in [5, 5.41) is 0.971. The zero-order chi connectivity index (χ0) is 25.1. The molecule has 2 fully saturated rings. The summed E-state index contributed by atoms with van der Waals surface area (Å²) in [6.45, 7) is 4.71. The van der Waals surface area contributed by atoms with Crippen LogP contribution in [-0.4, -0.2) is 81.4 Å². The second-order valence-corrected chi connectivity index (χ2v) is 9.47. The highest BCUT2D eigenvalue weighted by Crippen LogP contribution is 2.37. The van der Waals surface area contributed by atoms with Gasteiger partial charge in [0, 0.05) is 63.6 Å². The summed E-state index contributed by atoms with van der Waals surface area (Å²) in [6.07, 6.45) is 8.54. The minimum atomic E-state index is 0.184. The first-order valence-corrected chi connectivity index (χ1v) is 12.7. The van der Waals surface area contributed by atoms with Crippen LogP contribution in [0.3, 0.4) is 0 Å². The summed E-state index contributed by atoms with van der Waals surface area (Å²) in [5.41, 5.74) is 2.01. The Kier molecular flexibility index (Phi) is 7.16. The fourth-order valence-corrected chi connectivity index (χ4v) is 5.18. The molecule has 2 aliphatic heterocycles. The van der Waals surface area contributed by atoms with Crippen molar-refractivity contribution in [2.75, 3.05) is 70.4 Å². The van der Waals surface area contributed by atoms with Crippen molar-refractivity contribution in [1.29, 1.82) is 0 Å². The van der Waals surface area contributed by atoms with Gasteiger partial charge in [0.1, 0.15) is 5.82 Å². The quantitative estimate of drug-likeness (QED) is 0.580. The Balaban J connectivity index is 1.33. The van der Waals surface area contributed by atoms with Crippen molar-refractivity contribution in [2.45, 2.75) is 32.1 Å². The fourth-order valence-electron chi connectivity index (χ4n) is 5.18. The monoisotopic (exact) mass is 493 g/mol. The lowest BCUT2D eigenvalue weighted by Crippen LogP contribution is -2.49. The van der Waals surface area contributed by atoms with E-state index < -0.39 is 0 Å². The lowest BCUT2D eigenvalue weighted by atomic mass is 10.00. The Hall–Kier alpha value is -3.49. The highest BCUT2D eigenvalue weighted by Gasteiger charge is 2.26. The van der Waals surface area contributed by atoms with Gasteiger partial charge in [0.05, 0.1) is 32.6 Å². The van der Waals surface area contributed by atoms with E-state index in [-0.39, 0.29) is 5.91 Å². The number of allylic oxidation sites excluding steroid dienone is 3. The number of carbonyl (C=O) groups excluding carboxylic acids is 1. The van der Waals surface area contributed by atoms with Crippen molar-refractivity contribution in [3.05, 3.63) is 35.6 Å². The second-order valence-electron chi connectivity index (χ2n) is 9.47. The molecule has 3 aliphatic rings. The fraction of sp³-hybridized carbons (Fsp3) is 0.519. The van der Waals surface area contributed by atoms with Crippen LogP contribution in [0.25, 0.3) is 10.9 Å². The number of hydrogen-bond donors (Lipinski definition) is 0. The normalized spacial score (nSPS) is 18.2. The smallest absolute Gasteiger partial charge is 0.228 e. The highest BCUT2D eigenvalue weighted by atomic mass is 16.5. The van der Waals surface area contributed by atoms with Gasteiger partial charge in [-0.2, -0.15) is 4.98 Å². The molecule has 0 N–H and O–H groups in total. The van der Waals surface area contributed by atoms with Crippen LogP contribution >= 0.6 is 0 Å². The van der Waals surface area contributed by atoms with Crippen molar-refractivity contribution in [2.24, 2.45) is 0 Å². The number of piperazine rings is 1. The molecule has 2 aromatic rings. The van der Waals surface area contributed by atoms with E-state index >= 15 is 0 Å². The van der Waals surface area contributed by atoms with Crippen LogP contribution in [0.15, 0.2) is 35.6 Å². The first kappa shape index (κ1) is 24.2. The Morgan fingerprint density at radius 3 is 2.19 bits per heavy atom. The van der Waals surface area contributed by atoms with E-state index in [0.717, 1.165) is 61.3 Å². The van der Waals surface area contributed by atoms with Gasteiger partial charge in [-0.25, -0.2) is 4.98 Å². The Bertz CT molecular complexity index is 1180. The number of fused-ring (bicyclic) bond motifs is 1. The molecule has 0 radical (unpaired) electrons. The molecule has 2 saturated heterocycles. The minimum absolute atomic E-state index is 0.184. The third-order valence-corrected chi connectivity index (χ3v) is 7.33. The predicted octanol–water partition coefficient (Wildman–Crippen LogP) is 3.54. The van der Waals surface area contributed by atoms with E-state index in [4.69, 9.17) is 24.2 Å². The lowest BCUT2D eigenvalue weighted by Gasteiger charge is -2.35. The molecule has 36 heavy (non-hydrogen) atoms. The first-order chi connectivity index (χ1) is 17.6. The minimum Gasteiger partial charge on any atom is -0.501 e. The van der Waals surface area contributed by atoms with Gasteiger partial charge in [-0.05, 0) is 31.4 Å². The van der Waals surface area contributed by atoms with E-state index in [2.05, 4.69) is 9.80 Å². The van der Waals surface area contributed by atoms with Crippen LogP contribution in [0, 0.1) is 0 Å². The molecule has 5 rings (SSSR count). The maximum absolute atomic E-state index is 12.9. The number of methoxy groups -OCH3 is 3. The lowest BCUT2D eigenvalue weighted by molar-refractivity contribution is -0.130. The van der Waals surface area contributed by atoms with E-state index in [9.17, 15) is 4.79 Å². The van der Waals surface area contributed by atoms with E-state index in [1.54, 1.807) is 21.3 Å². The molecular weight excluding hydrogens is 458 g/mol. The number of amides is 1. The third-order valence-electron chi connectivity index (χ3n) is 7.33. The Morgan fingerprint density at radius 2 is 1.56 bits per heavy atom. The molecule has 0 unspecified atom stereocenters. The molecule has 0 saturated carbocycles. The summed E-state index contributed by atoms with van der Waals surface area (Å²) >= 11 is 0. The summed E-state index contributed by atoms with van der Waals surface area (Å²) in [5.74, 6) is 4.14. The molecule has 1 aromatic carbocycles. The SMILES string of the molecule is COC1=CC=C(CC(=O)N2CCN(c3nc(N4CCCC4)c4cc(OC)c(OC)cc4n3)CC2)CC1. The molecular formula is C27H35N5O4. The first-order valence-electron chi connectivity index (χ1n) is 12.7. The molecule has 1 aromatic heterocycles. The van der Waals surface area contributed by atoms with Gasteiger partial charge >= 0.3 is 0 Å². The number of carbonyl (C=O) groups is 1. The van der Waals surface area contributed by atoms with Crippen LogP contribution in [0.2, 0.25) is 0 Å². The number of benzene rings is 1. The predicted molar refractivity (Wildman–Crippen MR) is 140 cm³/mol. The molecule has 192 valence electrons.